The third kappa shape index (κ3) is 3.52. The predicted molar refractivity (Wildman–Crippen MR) is 114 cm³/mol. The summed E-state index contributed by atoms with van der Waals surface area (Å²) in [7, 11) is 2.92. The van der Waals surface area contributed by atoms with Gasteiger partial charge in [0.2, 0.25) is 12.5 Å². The highest BCUT2D eigenvalue weighted by Crippen LogP contribution is 2.56. The number of cyclic esters (lactones) is 1. The lowest BCUT2D eigenvalue weighted by Crippen LogP contribution is -2.36. The molecule has 0 bridgehead atoms. The van der Waals surface area contributed by atoms with E-state index in [1.165, 1.54) is 14.2 Å². The van der Waals surface area contributed by atoms with Crippen LogP contribution in [0.5, 0.6) is 28.7 Å². The fourth-order valence-electron chi connectivity index (χ4n) is 5.09. The Balaban J connectivity index is 1.69. The number of fused-ring (bicyclic) bond motifs is 3. The molecule has 2 aromatic carbocycles. The van der Waals surface area contributed by atoms with Crippen molar-refractivity contribution in [2.24, 2.45) is 11.8 Å². The van der Waals surface area contributed by atoms with Gasteiger partial charge in [0.15, 0.2) is 23.0 Å². The predicted octanol–water partition coefficient (Wildman–Crippen LogP) is 2.51. The summed E-state index contributed by atoms with van der Waals surface area (Å²) in [5, 5.41) is 19.6. The Labute approximate surface area is 190 Å². The highest BCUT2D eigenvalue weighted by molar-refractivity contribution is 5.79. The number of esters is 1. The van der Waals surface area contributed by atoms with Crippen LogP contribution < -0.4 is 18.9 Å². The number of benzene rings is 2. The Morgan fingerprint density at radius 3 is 2.30 bits per heavy atom. The molecular weight excluding hydrogens is 432 g/mol. The number of ether oxygens (including phenoxy) is 6. The number of aromatic hydroxyl groups is 1. The molecule has 1 unspecified atom stereocenters. The van der Waals surface area contributed by atoms with Crippen LogP contribution in [0.3, 0.4) is 0 Å². The molecule has 5 rings (SSSR count). The number of carbonyl (C=O) groups is 1. The first-order valence-electron chi connectivity index (χ1n) is 10.8. The molecule has 2 aromatic rings. The summed E-state index contributed by atoms with van der Waals surface area (Å²) in [6.45, 7) is 0.705. The molecule has 0 saturated carbocycles. The Morgan fingerprint density at radius 2 is 1.67 bits per heavy atom. The second kappa shape index (κ2) is 8.64. The normalized spacial score (nSPS) is 24.8. The average Bonchev–Trinajstić information content (AvgIpc) is 3.44. The molecule has 176 valence electrons. The van der Waals surface area contributed by atoms with Crippen LogP contribution in [0.4, 0.5) is 0 Å². The van der Waals surface area contributed by atoms with Crippen molar-refractivity contribution in [3.05, 3.63) is 41.0 Å². The monoisotopic (exact) mass is 458 g/mol. The highest BCUT2D eigenvalue weighted by Gasteiger charge is 2.53. The smallest absolute Gasteiger partial charge is 0.310 e. The molecule has 1 saturated heterocycles. The minimum Gasteiger partial charge on any atom is -0.502 e. The van der Waals surface area contributed by atoms with Crippen LogP contribution in [0.1, 0.15) is 35.1 Å². The van der Waals surface area contributed by atoms with Crippen LogP contribution in [0, 0.1) is 11.8 Å². The molecular formula is C24H26O9. The van der Waals surface area contributed by atoms with Crippen LogP contribution in [0.15, 0.2) is 24.3 Å². The zero-order valence-electron chi connectivity index (χ0n) is 18.4. The van der Waals surface area contributed by atoms with Gasteiger partial charge in [-0.3, -0.25) is 4.79 Å². The summed E-state index contributed by atoms with van der Waals surface area (Å²) in [5.74, 6) is 0.123. The Morgan fingerprint density at radius 1 is 1.00 bits per heavy atom. The lowest BCUT2D eigenvalue weighted by Gasteiger charge is -2.39. The van der Waals surface area contributed by atoms with E-state index in [0.29, 0.717) is 24.5 Å². The van der Waals surface area contributed by atoms with Gasteiger partial charge in [-0.1, -0.05) is 0 Å². The third-order valence-corrected chi connectivity index (χ3v) is 6.58. The second-order valence-electron chi connectivity index (χ2n) is 8.27. The van der Waals surface area contributed by atoms with Gasteiger partial charge < -0.3 is 38.6 Å². The summed E-state index contributed by atoms with van der Waals surface area (Å²) in [4.78, 5) is 13.0. The van der Waals surface area contributed by atoms with Crippen LogP contribution in [-0.4, -0.2) is 57.0 Å². The summed E-state index contributed by atoms with van der Waals surface area (Å²) in [5.41, 5.74) is 2.47. The molecule has 0 radical (unpaired) electrons. The topological polar surface area (TPSA) is 113 Å². The van der Waals surface area contributed by atoms with Gasteiger partial charge in [0.25, 0.3) is 0 Å². The summed E-state index contributed by atoms with van der Waals surface area (Å²) >= 11 is 0. The van der Waals surface area contributed by atoms with E-state index in [-0.39, 0.29) is 49.1 Å². The van der Waals surface area contributed by atoms with Crippen molar-refractivity contribution in [2.45, 2.75) is 18.4 Å². The zero-order valence-corrected chi connectivity index (χ0v) is 18.4. The summed E-state index contributed by atoms with van der Waals surface area (Å²) < 4.78 is 33.7. The molecule has 0 amide bonds. The molecule has 9 nitrogen and oxygen atoms in total. The maximum Gasteiger partial charge on any atom is 0.310 e. The first kappa shape index (κ1) is 21.7. The lowest BCUT2D eigenvalue weighted by molar-refractivity contribution is -0.141. The number of carbonyl (C=O) groups excluding carboxylic acids is 1. The number of hydrogen-bond donors (Lipinski definition) is 2. The Hall–Kier alpha value is -3.17. The van der Waals surface area contributed by atoms with E-state index < -0.39 is 17.9 Å². The minimum atomic E-state index is -0.518. The first-order chi connectivity index (χ1) is 16.1. The van der Waals surface area contributed by atoms with E-state index in [4.69, 9.17) is 28.4 Å². The quantitative estimate of drug-likeness (QED) is 0.477. The largest absolute Gasteiger partial charge is 0.502 e. The van der Waals surface area contributed by atoms with Gasteiger partial charge >= 0.3 is 5.97 Å². The van der Waals surface area contributed by atoms with Gasteiger partial charge in [0, 0.05) is 25.0 Å². The number of phenols is 1. The van der Waals surface area contributed by atoms with E-state index in [1.54, 1.807) is 12.1 Å². The van der Waals surface area contributed by atoms with Crippen LogP contribution in [0.2, 0.25) is 0 Å². The lowest BCUT2D eigenvalue weighted by atomic mass is 9.66. The average molecular weight is 458 g/mol. The molecule has 2 N–H and O–H groups in total. The fourth-order valence-corrected chi connectivity index (χ4v) is 5.09. The van der Waals surface area contributed by atoms with Crippen molar-refractivity contribution >= 4 is 5.97 Å². The van der Waals surface area contributed by atoms with Gasteiger partial charge in [-0.2, -0.15) is 0 Å². The zero-order chi connectivity index (χ0) is 23.1. The van der Waals surface area contributed by atoms with E-state index in [0.717, 1.165) is 16.7 Å². The van der Waals surface area contributed by atoms with Crippen molar-refractivity contribution in [1.82, 2.24) is 0 Å². The number of methoxy groups -OCH3 is 2. The van der Waals surface area contributed by atoms with Crippen molar-refractivity contribution < 1.29 is 43.4 Å². The maximum absolute atomic E-state index is 13.0. The summed E-state index contributed by atoms with van der Waals surface area (Å²) in [6.07, 6.45) is 0.0768. The molecule has 2 heterocycles. The van der Waals surface area contributed by atoms with Gasteiger partial charge in [0.05, 0.1) is 32.8 Å². The van der Waals surface area contributed by atoms with Crippen molar-refractivity contribution in [3.63, 3.8) is 0 Å². The molecule has 0 spiro atoms. The van der Waals surface area contributed by atoms with Gasteiger partial charge in [-0.05, 0) is 47.4 Å². The number of rotatable bonds is 7. The Kier molecular flexibility index (Phi) is 5.67. The minimum absolute atomic E-state index is 0.0139. The number of aliphatic hydroxyl groups excluding tert-OH is 1. The first-order valence-corrected chi connectivity index (χ1v) is 10.8. The van der Waals surface area contributed by atoms with E-state index in [9.17, 15) is 15.0 Å². The van der Waals surface area contributed by atoms with Gasteiger partial charge in [-0.25, -0.2) is 0 Å². The van der Waals surface area contributed by atoms with E-state index >= 15 is 0 Å². The third-order valence-electron chi connectivity index (χ3n) is 6.58. The maximum atomic E-state index is 13.0. The van der Waals surface area contributed by atoms with Crippen LogP contribution >= 0.6 is 0 Å². The van der Waals surface area contributed by atoms with Gasteiger partial charge in [-0.15, -0.1) is 0 Å². The number of hydrogen-bond acceptors (Lipinski definition) is 9. The SMILES string of the molecule is COc1cc([C@@H]2c3cc4c(cc3[C@@H](OCCCO)C3COC(=O)[C@@H]32)OCO4)cc(OC)c1O. The molecule has 4 atom stereocenters. The second-order valence-corrected chi connectivity index (χ2v) is 8.27. The molecule has 3 aliphatic rings. The standard InChI is InChI=1S/C24H26O9/c1-28-18-6-12(7-19(29-2)22(18)26)20-13-8-16-17(33-11-32-16)9-14(13)23(30-5-3-4-25)15-10-31-24(27)21(15)20/h6-9,15,20-21,23,25-26H,3-5,10-11H2,1-2H3/t15?,20-,21+,23-/m1/s1. The molecule has 9 heteroatoms. The Bertz CT molecular complexity index is 1040. The highest BCUT2D eigenvalue weighted by atomic mass is 16.7. The molecule has 0 aromatic heterocycles. The summed E-state index contributed by atoms with van der Waals surface area (Å²) in [6, 6.07) is 7.22. The molecule has 33 heavy (non-hydrogen) atoms. The van der Waals surface area contributed by atoms with Crippen LogP contribution in [-0.2, 0) is 14.3 Å². The van der Waals surface area contributed by atoms with Crippen molar-refractivity contribution in [1.29, 1.82) is 0 Å². The van der Waals surface area contributed by atoms with Crippen molar-refractivity contribution in [3.8, 4) is 28.7 Å². The van der Waals surface area contributed by atoms with Crippen molar-refractivity contribution in [2.75, 3.05) is 40.8 Å². The van der Waals surface area contributed by atoms with Gasteiger partial charge in [0.1, 0.15) is 0 Å². The molecule has 1 aliphatic carbocycles. The molecule has 1 fully saturated rings. The van der Waals surface area contributed by atoms with E-state index in [2.05, 4.69) is 0 Å². The number of phenolic OH excluding ortho intramolecular Hbond substituents is 1. The molecule has 2 aliphatic heterocycles. The number of aliphatic hydroxyl groups is 1. The fraction of sp³-hybridized carbons (Fsp3) is 0.458. The van der Waals surface area contributed by atoms with E-state index in [1.807, 2.05) is 12.1 Å². The van der Waals surface area contributed by atoms with Crippen LogP contribution in [0.25, 0.3) is 0 Å².